The molecule has 1 fully saturated rings. The van der Waals surface area contributed by atoms with Gasteiger partial charge in [0.25, 0.3) is 0 Å². The summed E-state index contributed by atoms with van der Waals surface area (Å²) in [5.41, 5.74) is 5.75. The summed E-state index contributed by atoms with van der Waals surface area (Å²) in [5, 5.41) is 2.63. The normalized spacial score (nSPS) is 16.7. The van der Waals surface area contributed by atoms with Crippen LogP contribution in [0.2, 0.25) is 0 Å². The smallest absolute Gasteiger partial charge is 0.241 e. The predicted molar refractivity (Wildman–Crippen MR) is 78.1 cm³/mol. The topological polar surface area (TPSA) is 75.4 Å². The molecule has 1 saturated heterocycles. The number of carbonyl (C=O) groups is 2. The van der Waals surface area contributed by atoms with Crippen LogP contribution in [0.4, 0.5) is 0 Å². The third-order valence-electron chi connectivity index (χ3n) is 3.18. The van der Waals surface area contributed by atoms with Crippen LogP contribution in [0.1, 0.15) is 39.5 Å². The predicted octanol–water partition coefficient (Wildman–Crippen LogP) is 0.910. The first-order valence-electron chi connectivity index (χ1n) is 6.81. The number of nitrogens with zero attached hydrogens (tertiary/aromatic N) is 1. The standard InChI is InChI=1S/C13H25N3O2.ClH/c1-10(2)8-11(14)13(18)15-9-12(17)16-6-4-3-5-7-16;/h10-11H,3-9,14H2,1-2H3,(H,15,18);1H/t11-;/m0./s1. The number of halogens is 1. The summed E-state index contributed by atoms with van der Waals surface area (Å²) in [5.74, 6) is 0.150. The van der Waals surface area contributed by atoms with Crippen molar-refractivity contribution in [2.75, 3.05) is 19.6 Å². The van der Waals surface area contributed by atoms with Gasteiger partial charge in [0.15, 0.2) is 0 Å². The first-order valence-corrected chi connectivity index (χ1v) is 6.81. The first kappa shape index (κ1) is 18.2. The Morgan fingerprint density at radius 2 is 1.79 bits per heavy atom. The number of nitrogens with two attached hydrogens (primary N) is 1. The molecule has 1 rings (SSSR count). The molecule has 0 aromatic carbocycles. The summed E-state index contributed by atoms with van der Waals surface area (Å²) in [6, 6.07) is -0.515. The average Bonchev–Trinajstić information content (AvgIpc) is 2.35. The molecule has 112 valence electrons. The van der Waals surface area contributed by atoms with E-state index in [4.69, 9.17) is 5.73 Å². The van der Waals surface area contributed by atoms with Crippen molar-refractivity contribution in [3.05, 3.63) is 0 Å². The zero-order valence-electron chi connectivity index (χ0n) is 11.9. The van der Waals surface area contributed by atoms with E-state index in [0.717, 1.165) is 25.9 Å². The van der Waals surface area contributed by atoms with Gasteiger partial charge < -0.3 is 16.0 Å². The summed E-state index contributed by atoms with van der Waals surface area (Å²) in [6.45, 7) is 5.74. The molecule has 1 aliphatic heterocycles. The molecule has 3 N–H and O–H groups in total. The zero-order chi connectivity index (χ0) is 13.5. The van der Waals surface area contributed by atoms with Crippen molar-refractivity contribution in [2.24, 2.45) is 11.7 Å². The van der Waals surface area contributed by atoms with E-state index in [-0.39, 0.29) is 30.8 Å². The van der Waals surface area contributed by atoms with Crippen molar-refractivity contribution in [3.63, 3.8) is 0 Å². The third kappa shape index (κ3) is 6.78. The highest BCUT2D eigenvalue weighted by atomic mass is 35.5. The van der Waals surface area contributed by atoms with Crippen LogP contribution < -0.4 is 11.1 Å². The van der Waals surface area contributed by atoms with Crippen molar-refractivity contribution in [2.45, 2.75) is 45.6 Å². The van der Waals surface area contributed by atoms with Crippen LogP contribution in [0.5, 0.6) is 0 Å². The van der Waals surface area contributed by atoms with E-state index >= 15 is 0 Å². The summed E-state index contributed by atoms with van der Waals surface area (Å²) in [6.07, 6.45) is 3.96. The van der Waals surface area contributed by atoms with Crippen LogP contribution >= 0.6 is 12.4 Å². The Morgan fingerprint density at radius 1 is 1.21 bits per heavy atom. The second kappa shape index (κ2) is 9.15. The Bertz CT molecular complexity index is 292. The van der Waals surface area contributed by atoms with E-state index in [9.17, 15) is 9.59 Å². The Kier molecular flexibility index (Phi) is 8.76. The van der Waals surface area contributed by atoms with Gasteiger partial charge in [0, 0.05) is 13.1 Å². The molecule has 1 heterocycles. The van der Waals surface area contributed by atoms with Crippen LogP contribution in [-0.2, 0) is 9.59 Å². The number of likely N-dealkylation sites (tertiary alicyclic amines) is 1. The number of rotatable bonds is 5. The Labute approximate surface area is 121 Å². The minimum absolute atomic E-state index is 0. The van der Waals surface area contributed by atoms with E-state index in [1.54, 1.807) is 0 Å². The van der Waals surface area contributed by atoms with Crippen molar-refractivity contribution < 1.29 is 9.59 Å². The van der Waals surface area contributed by atoms with Crippen molar-refractivity contribution in [1.29, 1.82) is 0 Å². The van der Waals surface area contributed by atoms with Crippen molar-refractivity contribution >= 4 is 24.2 Å². The van der Waals surface area contributed by atoms with Gasteiger partial charge in [-0.3, -0.25) is 9.59 Å². The van der Waals surface area contributed by atoms with Crippen molar-refractivity contribution in [3.8, 4) is 0 Å². The van der Waals surface area contributed by atoms with Gasteiger partial charge in [-0.15, -0.1) is 12.4 Å². The van der Waals surface area contributed by atoms with Crippen LogP contribution in [0, 0.1) is 5.92 Å². The molecular formula is C13H26ClN3O2. The van der Waals surface area contributed by atoms with Gasteiger partial charge >= 0.3 is 0 Å². The second-order valence-electron chi connectivity index (χ2n) is 5.40. The van der Waals surface area contributed by atoms with E-state index in [1.165, 1.54) is 6.42 Å². The summed E-state index contributed by atoms with van der Waals surface area (Å²) >= 11 is 0. The molecule has 0 saturated carbocycles. The Balaban J connectivity index is 0.00000324. The molecule has 0 radical (unpaired) electrons. The fourth-order valence-electron chi connectivity index (χ4n) is 2.16. The summed E-state index contributed by atoms with van der Waals surface area (Å²) in [7, 11) is 0. The quantitative estimate of drug-likeness (QED) is 0.790. The van der Waals surface area contributed by atoms with Gasteiger partial charge in [-0.1, -0.05) is 13.8 Å². The maximum atomic E-state index is 11.8. The van der Waals surface area contributed by atoms with E-state index < -0.39 is 6.04 Å². The SMILES string of the molecule is CC(C)C[C@H](N)C(=O)NCC(=O)N1CCCCC1.Cl. The molecule has 0 aromatic heterocycles. The largest absolute Gasteiger partial charge is 0.346 e. The van der Waals surface area contributed by atoms with Gasteiger partial charge in [-0.05, 0) is 31.6 Å². The summed E-state index contributed by atoms with van der Waals surface area (Å²) in [4.78, 5) is 25.3. The number of nitrogens with one attached hydrogen (secondary N) is 1. The van der Waals surface area contributed by atoms with E-state index in [1.807, 2.05) is 18.7 Å². The first-order chi connectivity index (χ1) is 8.50. The lowest BCUT2D eigenvalue weighted by molar-refractivity contribution is -0.133. The van der Waals surface area contributed by atoms with Gasteiger partial charge in [-0.2, -0.15) is 0 Å². The molecule has 1 atom stereocenters. The summed E-state index contributed by atoms with van der Waals surface area (Å²) < 4.78 is 0. The van der Waals surface area contributed by atoms with Gasteiger partial charge in [0.05, 0.1) is 12.6 Å². The van der Waals surface area contributed by atoms with Crippen LogP contribution in [-0.4, -0.2) is 42.4 Å². The molecule has 5 nitrogen and oxygen atoms in total. The highest BCUT2D eigenvalue weighted by molar-refractivity contribution is 5.87. The minimum Gasteiger partial charge on any atom is -0.346 e. The lowest BCUT2D eigenvalue weighted by Gasteiger charge is -2.27. The minimum atomic E-state index is -0.515. The van der Waals surface area contributed by atoms with Crippen LogP contribution in [0.25, 0.3) is 0 Å². The fourth-order valence-corrected chi connectivity index (χ4v) is 2.16. The number of hydrogen-bond donors (Lipinski definition) is 2. The lowest BCUT2D eigenvalue weighted by atomic mass is 10.0. The highest BCUT2D eigenvalue weighted by Crippen LogP contribution is 2.08. The average molecular weight is 292 g/mol. The molecular weight excluding hydrogens is 266 g/mol. The monoisotopic (exact) mass is 291 g/mol. The van der Waals surface area contributed by atoms with Crippen molar-refractivity contribution in [1.82, 2.24) is 10.2 Å². The van der Waals surface area contributed by atoms with E-state index in [2.05, 4.69) is 5.32 Å². The van der Waals surface area contributed by atoms with Gasteiger partial charge in [-0.25, -0.2) is 0 Å². The maximum Gasteiger partial charge on any atom is 0.241 e. The third-order valence-corrected chi connectivity index (χ3v) is 3.18. The molecule has 19 heavy (non-hydrogen) atoms. The molecule has 2 amide bonds. The molecule has 1 aliphatic rings. The Morgan fingerprint density at radius 3 is 2.32 bits per heavy atom. The highest BCUT2D eigenvalue weighted by Gasteiger charge is 2.19. The number of carbonyl (C=O) groups excluding carboxylic acids is 2. The Hall–Kier alpha value is -0.810. The number of hydrogen-bond acceptors (Lipinski definition) is 3. The molecule has 0 aliphatic carbocycles. The number of piperidine rings is 1. The number of amides is 2. The second-order valence-corrected chi connectivity index (χ2v) is 5.40. The molecule has 0 bridgehead atoms. The van der Waals surface area contributed by atoms with Crippen LogP contribution in [0.3, 0.4) is 0 Å². The lowest BCUT2D eigenvalue weighted by Crippen LogP contribution is -2.47. The van der Waals surface area contributed by atoms with Gasteiger partial charge in [0.1, 0.15) is 0 Å². The van der Waals surface area contributed by atoms with E-state index in [0.29, 0.717) is 12.3 Å². The molecule has 6 heteroatoms. The molecule has 0 unspecified atom stereocenters. The maximum absolute atomic E-state index is 11.8. The zero-order valence-corrected chi connectivity index (χ0v) is 12.7. The van der Waals surface area contributed by atoms with Crippen LogP contribution in [0.15, 0.2) is 0 Å². The fraction of sp³-hybridized carbons (Fsp3) is 0.846. The molecule has 0 aromatic rings. The van der Waals surface area contributed by atoms with Gasteiger partial charge in [0.2, 0.25) is 11.8 Å². The molecule has 0 spiro atoms.